The number of carbonyl (C=O) groups excluding carboxylic acids is 1. The standard InChI is InChI=1S/C14H16F5N3O/c15-13(16,14(17,18)19)10-3-1-9(2-4-10)7-22-12(23)11-8-20-5-6-21-11/h1-4,11,20-21H,5-8H2,(H,22,23). The summed E-state index contributed by atoms with van der Waals surface area (Å²) in [6, 6.07) is 3.33. The zero-order chi connectivity index (χ0) is 17.1. The van der Waals surface area contributed by atoms with Crippen LogP contribution in [0.15, 0.2) is 24.3 Å². The quantitative estimate of drug-likeness (QED) is 0.730. The van der Waals surface area contributed by atoms with E-state index in [0.29, 0.717) is 18.7 Å². The van der Waals surface area contributed by atoms with Gasteiger partial charge in [0.05, 0.1) is 6.04 Å². The minimum absolute atomic E-state index is 0.0505. The molecule has 1 aliphatic rings. The maximum Gasteiger partial charge on any atom is 0.458 e. The number of piperazine rings is 1. The minimum atomic E-state index is -5.64. The van der Waals surface area contributed by atoms with Gasteiger partial charge in [0.2, 0.25) is 5.91 Å². The lowest BCUT2D eigenvalue weighted by molar-refractivity contribution is -0.289. The van der Waals surface area contributed by atoms with Crippen molar-refractivity contribution in [2.45, 2.75) is 24.7 Å². The van der Waals surface area contributed by atoms with Gasteiger partial charge in [0.15, 0.2) is 0 Å². The van der Waals surface area contributed by atoms with Gasteiger partial charge in [0.1, 0.15) is 0 Å². The van der Waals surface area contributed by atoms with Gasteiger partial charge in [-0.2, -0.15) is 22.0 Å². The van der Waals surface area contributed by atoms with Gasteiger partial charge in [0, 0.05) is 31.7 Å². The van der Waals surface area contributed by atoms with Crippen molar-refractivity contribution in [3.8, 4) is 0 Å². The van der Waals surface area contributed by atoms with Crippen molar-refractivity contribution >= 4 is 5.91 Å². The van der Waals surface area contributed by atoms with Gasteiger partial charge in [-0.3, -0.25) is 4.79 Å². The van der Waals surface area contributed by atoms with Crippen LogP contribution >= 0.6 is 0 Å². The summed E-state index contributed by atoms with van der Waals surface area (Å²) in [6.07, 6.45) is -5.64. The first kappa shape index (κ1) is 17.6. The third-order valence-electron chi connectivity index (χ3n) is 3.50. The number of hydrogen-bond donors (Lipinski definition) is 3. The first-order valence-electron chi connectivity index (χ1n) is 6.97. The molecule has 9 heteroatoms. The third kappa shape index (κ3) is 4.17. The van der Waals surface area contributed by atoms with Crippen LogP contribution in [-0.4, -0.2) is 37.8 Å². The van der Waals surface area contributed by atoms with E-state index in [2.05, 4.69) is 16.0 Å². The highest BCUT2D eigenvalue weighted by atomic mass is 19.4. The molecule has 0 aromatic heterocycles. The molecule has 0 bridgehead atoms. The average molecular weight is 337 g/mol. The van der Waals surface area contributed by atoms with Crippen molar-refractivity contribution in [1.29, 1.82) is 0 Å². The van der Waals surface area contributed by atoms with E-state index in [0.717, 1.165) is 30.8 Å². The van der Waals surface area contributed by atoms with Crippen LogP contribution in [0, 0.1) is 0 Å². The molecule has 4 nitrogen and oxygen atoms in total. The van der Waals surface area contributed by atoms with Crippen LogP contribution in [0.4, 0.5) is 22.0 Å². The van der Waals surface area contributed by atoms with Crippen LogP contribution in [0.3, 0.4) is 0 Å². The van der Waals surface area contributed by atoms with Gasteiger partial charge < -0.3 is 16.0 Å². The largest absolute Gasteiger partial charge is 0.458 e. The Morgan fingerprint density at radius 3 is 2.30 bits per heavy atom. The zero-order valence-corrected chi connectivity index (χ0v) is 12.0. The number of hydrogen-bond acceptors (Lipinski definition) is 3. The van der Waals surface area contributed by atoms with Gasteiger partial charge in [-0.05, 0) is 5.56 Å². The van der Waals surface area contributed by atoms with Gasteiger partial charge in [0.25, 0.3) is 0 Å². The SMILES string of the molecule is O=C(NCc1ccc(C(F)(F)C(F)(F)F)cc1)C1CNCCN1. The van der Waals surface area contributed by atoms with Crippen molar-refractivity contribution in [2.75, 3.05) is 19.6 Å². The van der Waals surface area contributed by atoms with Gasteiger partial charge in [-0.25, -0.2) is 0 Å². The third-order valence-corrected chi connectivity index (χ3v) is 3.50. The fourth-order valence-electron chi connectivity index (χ4n) is 2.15. The molecule has 23 heavy (non-hydrogen) atoms. The highest BCUT2D eigenvalue weighted by Crippen LogP contribution is 2.43. The zero-order valence-electron chi connectivity index (χ0n) is 12.0. The van der Waals surface area contributed by atoms with Crippen molar-refractivity contribution < 1.29 is 26.7 Å². The topological polar surface area (TPSA) is 53.2 Å². The van der Waals surface area contributed by atoms with Crippen molar-refractivity contribution in [2.24, 2.45) is 0 Å². The van der Waals surface area contributed by atoms with E-state index in [9.17, 15) is 26.7 Å². The molecule has 1 aromatic rings. The predicted molar refractivity (Wildman–Crippen MR) is 72.9 cm³/mol. The Morgan fingerprint density at radius 2 is 1.78 bits per heavy atom. The van der Waals surface area contributed by atoms with E-state index in [1.54, 1.807) is 0 Å². The summed E-state index contributed by atoms with van der Waals surface area (Å²) >= 11 is 0. The lowest BCUT2D eigenvalue weighted by Gasteiger charge is -2.23. The van der Waals surface area contributed by atoms with E-state index >= 15 is 0 Å². The second-order valence-electron chi connectivity index (χ2n) is 5.20. The number of benzene rings is 1. The van der Waals surface area contributed by atoms with E-state index in [1.807, 2.05) is 0 Å². The molecule has 1 unspecified atom stereocenters. The molecule has 1 atom stereocenters. The van der Waals surface area contributed by atoms with Crippen LogP contribution in [-0.2, 0) is 17.3 Å². The average Bonchev–Trinajstić information content (AvgIpc) is 2.53. The Labute approximate surface area is 129 Å². The van der Waals surface area contributed by atoms with Crippen LogP contribution in [0.5, 0.6) is 0 Å². The molecule has 3 N–H and O–H groups in total. The highest BCUT2D eigenvalue weighted by molar-refractivity contribution is 5.82. The number of halogens is 5. The molecule has 0 spiro atoms. The molecule has 1 saturated heterocycles. The number of amides is 1. The maximum atomic E-state index is 13.1. The Hall–Kier alpha value is -1.74. The number of nitrogens with one attached hydrogen (secondary N) is 3. The maximum absolute atomic E-state index is 13.1. The molecule has 2 rings (SSSR count). The summed E-state index contributed by atoms with van der Waals surface area (Å²) in [5.74, 6) is -5.16. The number of alkyl halides is 5. The van der Waals surface area contributed by atoms with Gasteiger partial charge >= 0.3 is 12.1 Å². The summed E-state index contributed by atoms with van der Waals surface area (Å²) < 4.78 is 63.1. The first-order valence-corrected chi connectivity index (χ1v) is 6.97. The number of rotatable bonds is 4. The molecule has 0 radical (unpaired) electrons. The van der Waals surface area contributed by atoms with Crippen molar-refractivity contribution in [1.82, 2.24) is 16.0 Å². The molecular formula is C14H16F5N3O. The summed E-state index contributed by atoms with van der Waals surface area (Å²) in [5, 5.41) is 8.65. The van der Waals surface area contributed by atoms with Crippen molar-refractivity contribution in [3.63, 3.8) is 0 Å². The van der Waals surface area contributed by atoms with Crippen molar-refractivity contribution in [3.05, 3.63) is 35.4 Å². The molecule has 1 fully saturated rings. The lowest BCUT2D eigenvalue weighted by Crippen LogP contribution is -2.55. The monoisotopic (exact) mass is 337 g/mol. The van der Waals surface area contributed by atoms with E-state index in [1.165, 1.54) is 0 Å². The van der Waals surface area contributed by atoms with Gasteiger partial charge in [-0.1, -0.05) is 24.3 Å². The van der Waals surface area contributed by atoms with Gasteiger partial charge in [-0.15, -0.1) is 0 Å². The van der Waals surface area contributed by atoms with Crippen LogP contribution in [0.2, 0.25) is 0 Å². The second-order valence-corrected chi connectivity index (χ2v) is 5.20. The summed E-state index contributed by atoms with van der Waals surface area (Å²) in [4.78, 5) is 11.8. The molecular weight excluding hydrogens is 321 g/mol. The smallest absolute Gasteiger partial charge is 0.351 e. The van der Waals surface area contributed by atoms with E-state index in [-0.39, 0.29) is 12.5 Å². The molecule has 1 heterocycles. The van der Waals surface area contributed by atoms with E-state index < -0.39 is 23.7 Å². The Balaban J connectivity index is 1.94. The molecule has 128 valence electrons. The Bertz CT molecular complexity index is 538. The molecule has 1 amide bonds. The summed E-state index contributed by atoms with van der Waals surface area (Å²) in [7, 11) is 0. The fraction of sp³-hybridized carbons (Fsp3) is 0.500. The molecule has 0 aliphatic carbocycles. The normalized spacial score (nSPS) is 19.4. The second kappa shape index (κ2) is 6.79. The predicted octanol–water partition coefficient (Wildman–Crippen LogP) is 1.52. The van der Waals surface area contributed by atoms with Crippen LogP contribution in [0.25, 0.3) is 0 Å². The van der Waals surface area contributed by atoms with E-state index in [4.69, 9.17) is 0 Å². The van der Waals surface area contributed by atoms with Crippen LogP contribution < -0.4 is 16.0 Å². The van der Waals surface area contributed by atoms with Crippen LogP contribution in [0.1, 0.15) is 11.1 Å². The Kier molecular flexibility index (Phi) is 5.20. The molecule has 1 aliphatic heterocycles. The lowest BCUT2D eigenvalue weighted by atomic mass is 10.1. The highest BCUT2D eigenvalue weighted by Gasteiger charge is 2.58. The summed E-state index contributed by atoms with van der Waals surface area (Å²) in [6.45, 7) is 1.94. The first-order chi connectivity index (χ1) is 10.7. The Morgan fingerprint density at radius 1 is 1.13 bits per heavy atom. The fourth-order valence-corrected chi connectivity index (χ4v) is 2.15. The molecule has 1 aromatic carbocycles. The molecule has 0 saturated carbocycles. The minimum Gasteiger partial charge on any atom is -0.351 e. The number of carbonyl (C=O) groups is 1. The summed E-state index contributed by atoms with van der Waals surface area (Å²) in [5.41, 5.74) is -0.693.